The van der Waals surface area contributed by atoms with Crippen molar-refractivity contribution in [2.24, 2.45) is 0 Å². The summed E-state index contributed by atoms with van der Waals surface area (Å²) in [4.78, 5) is 0. The number of hydrogen-bond acceptors (Lipinski definition) is 3. The first kappa shape index (κ1) is 15.5. The molecular weight excluding hydrogens is 258 g/mol. The maximum absolute atomic E-state index is 11.1. The molecule has 0 radical (unpaired) electrons. The van der Waals surface area contributed by atoms with Crippen LogP contribution in [0.5, 0.6) is 0 Å². The van der Waals surface area contributed by atoms with Crippen molar-refractivity contribution in [2.75, 3.05) is 18.6 Å². The van der Waals surface area contributed by atoms with Crippen LogP contribution in [0.3, 0.4) is 0 Å². The van der Waals surface area contributed by atoms with Crippen molar-refractivity contribution in [3.05, 3.63) is 0 Å². The molecule has 0 aromatic heterocycles. The molecule has 1 N–H and O–H groups in total. The monoisotopic (exact) mass is 287 g/mol. The standard InChI is InChI=1S/C15H29NO2S/c1-13(7-11-19(2)17)16-14-6-10-18-15(12-14)8-4-3-5-9-15/h13-14,16H,3-12H2,1-2H3. The molecule has 1 heterocycles. The van der Waals surface area contributed by atoms with Crippen LogP contribution < -0.4 is 5.32 Å². The molecule has 1 saturated carbocycles. The predicted octanol–water partition coefficient (Wildman–Crippen LogP) is 2.62. The SMILES string of the molecule is CC(CCS(C)=O)NC1CCOC2(CCCCC2)C1. The summed E-state index contributed by atoms with van der Waals surface area (Å²) >= 11 is 0. The van der Waals surface area contributed by atoms with Gasteiger partial charge in [0.1, 0.15) is 0 Å². The van der Waals surface area contributed by atoms with E-state index in [2.05, 4.69) is 12.2 Å². The normalized spacial score (nSPS) is 30.1. The van der Waals surface area contributed by atoms with Crippen LogP contribution >= 0.6 is 0 Å². The number of nitrogens with one attached hydrogen (secondary N) is 1. The highest BCUT2D eigenvalue weighted by Gasteiger charge is 2.38. The summed E-state index contributed by atoms with van der Waals surface area (Å²) in [7, 11) is -0.668. The van der Waals surface area contributed by atoms with Crippen LogP contribution in [0.25, 0.3) is 0 Å². The molecule has 2 rings (SSSR count). The smallest absolute Gasteiger partial charge is 0.0697 e. The van der Waals surface area contributed by atoms with E-state index in [1.54, 1.807) is 6.26 Å². The average Bonchev–Trinajstić information content (AvgIpc) is 2.37. The van der Waals surface area contributed by atoms with Crippen LogP contribution in [0.4, 0.5) is 0 Å². The zero-order valence-electron chi connectivity index (χ0n) is 12.5. The summed E-state index contributed by atoms with van der Waals surface area (Å²) in [6.07, 6.45) is 11.6. The van der Waals surface area contributed by atoms with Gasteiger partial charge in [-0.05, 0) is 39.0 Å². The molecule has 1 saturated heterocycles. The van der Waals surface area contributed by atoms with E-state index in [9.17, 15) is 4.21 Å². The summed E-state index contributed by atoms with van der Waals surface area (Å²) in [6, 6.07) is 1.06. The third-order valence-electron chi connectivity index (χ3n) is 4.62. The molecule has 1 aliphatic heterocycles. The fourth-order valence-corrected chi connectivity index (χ4v) is 4.23. The number of ether oxygens (including phenoxy) is 1. The van der Waals surface area contributed by atoms with Gasteiger partial charge in [0.25, 0.3) is 0 Å². The Balaban J connectivity index is 1.78. The Morgan fingerprint density at radius 1 is 1.37 bits per heavy atom. The van der Waals surface area contributed by atoms with Gasteiger partial charge in [-0.3, -0.25) is 4.21 Å². The van der Waals surface area contributed by atoms with Crippen molar-refractivity contribution in [3.63, 3.8) is 0 Å². The molecule has 0 bridgehead atoms. The van der Waals surface area contributed by atoms with Crippen LogP contribution in [0.2, 0.25) is 0 Å². The van der Waals surface area contributed by atoms with Crippen molar-refractivity contribution >= 4 is 10.8 Å². The molecule has 0 amide bonds. The third-order valence-corrected chi connectivity index (χ3v) is 5.43. The minimum absolute atomic E-state index is 0.182. The Labute approximate surface area is 120 Å². The fraction of sp³-hybridized carbons (Fsp3) is 1.00. The topological polar surface area (TPSA) is 38.3 Å². The van der Waals surface area contributed by atoms with Gasteiger partial charge in [-0.1, -0.05) is 19.3 Å². The van der Waals surface area contributed by atoms with E-state index >= 15 is 0 Å². The maximum atomic E-state index is 11.1. The molecule has 0 aromatic rings. The Kier molecular flexibility index (Phi) is 5.85. The van der Waals surface area contributed by atoms with Gasteiger partial charge in [0.15, 0.2) is 0 Å². The van der Waals surface area contributed by atoms with Gasteiger partial charge in [0, 0.05) is 41.5 Å². The molecule has 1 aliphatic carbocycles. The molecule has 112 valence electrons. The first-order valence-corrected chi connectivity index (χ1v) is 9.52. The Morgan fingerprint density at radius 2 is 2.11 bits per heavy atom. The first-order chi connectivity index (χ1) is 9.10. The van der Waals surface area contributed by atoms with Crippen LogP contribution in [0.15, 0.2) is 0 Å². The Bertz CT molecular complexity index is 297. The zero-order chi connectivity index (χ0) is 13.7. The highest BCUT2D eigenvalue weighted by Crippen LogP contribution is 2.38. The molecule has 2 aliphatic rings. The second-order valence-electron chi connectivity index (χ2n) is 6.42. The minimum Gasteiger partial charge on any atom is -0.375 e. The lowest BCUT2D eigenvalue weighted by molar-refractivity contribution is -0.109. The van der Waals surface area contributed by atoms with Crippen molar-refractivity contribution in [3.8, 4) is 0 Å². The quantitative estimate of drug-likeness (QED) is 0.845. The summed E-state index contributed by atoms with van der Waals surface area (Å²) < 4.78 is 17.3. The van der Waals surface area contributed by atoms with Crippen molar-refractivity contribution in [1.82, 2.24) is 5.32 Å². The highest BCUT2D eigenvalue weighted by molar-refractivity contribution is 7.84. The highest BCUT2D eigenvalue weighted by atomic mass is 32.2. The molecule has 3 nitrogen and oxygen atoms in total. The van der Waals surface area contributed by atoms with Crippen LogP contribution in [0.1, 0.15) is 58.3 Å². The van der Waals surface area contributed by atoms with Gasteiger partial charge in [0.2, 0.25) is 0 Å². The van der Waals surface area contributed by atoms with Crippen LogP contribution in [0, 0.1) is 0 Å². The largest absolute Gasteiger partial charge is 0.375 e. The average molecular weight is 287 g/mol. The van der Waals surface area contributed by atoms with Crippen LogP contribution in [-0.2, 0) is 15.5 Å². The van der Waals surface area contributed by atoms with E-state index in [1.165, 1.54) is 38.5 Å². The molecule has 3 unspecified atom stereocenters. The van der Waals surface area contributed by atoms with Crippen LogP contribution in [-0.4, -0.2) is 40.5 Å². The van der Waals surface area contributed by atoms with Gasteiger partial charge in [-0.15, -0.1) is 0 Å². The summed E-state index contributed by atoms with van der Waals surface area (Å²) in [5.74, 6) is 0.808. The van der Waals surface area contributed by atoms with E-state index in [4.69, 9.17) is 4.74 Å². The van der Waals surface area contributed by atoms with E-state index in [0.29, 0.717) is 12.1 Å². The van der Waals surface area contributed by atoms with E-state index < -0.39 is 10.8 Å². The van der Waals surface area contributed by atoms with Crippen molar-refractivity contribution in [1.29, 1.82) is 0 Å². The lowest BCUT2D eigenvalue weighted by Gasteiger charge is -2.44. The third kappa shape index (κ3) is 4.83. The lowest BCUT2D eigenvalue weighted by Crippen LogP contribution is -2.50. The second-order valence-corrected chi connectivity index (χ2v) is 7.97. The fourth-order valence-electron chi connectivity index (χ4n) is 3.54. The Hall–Kier alpha value is 0.0700. The van der Waals surface area contributed by atoms with Gasteiger partial charge in [0.05, 0.1) is 5.60 Å². The van der Waals surface area contributed by atoms with Gasteiger partial charge in [-0.2, -0.15) is 0 Å². The Morgan fingerprint density at radius 3 is 2.79 bits per heavy atom. The molecule has 4 heteroatoms. The molecule has 19 heavy (non-hydrogen) atoms. The van der Waals surface area contributed by atoms with E-state index in [1.807, 2.05) is 0 Å². The number of hydrogen-bond donors (Lipinski definition) is 1. The van der Waals surface area contributed by atoms with Gasteiger partial charge in [-0.25, -0.2) is 0 Å². The maximum Gasteiger partial charge on any atom is 0.0697 e. The molecule has 0 aromatic carbocycles. The minimum atomic E-state index is -0.668. The van der Waals surface area contributed by atoms with E-state index in [-0.39, 0.29) is 5.60 Å². The van der Waals surface area contributed by atoms with E-state index in [0.717, 1.165) is 25.2 Å². The van der Waals surface area contributed by atoms with Gasteiger partial charge >= 0.3 is 0 Å². The first-order valence-electron chi connectivity index (χ1n) is 7.80. The molecular formula is C15H29NO2S. The predicted molar refractivity (Wildman–Crippen MR) is 80.9 cm³/mol. The van der Waals surface area contributed by atoms with Crippen molar-refractivity contribution < 1.29 is 8.95 Å². The van der Waals surface area contributed by atoms with Gasteiger partial charge < -0.3 is 10.1 Å². The summed E-state index contributed by atoms with van der Waals surface area (Å²) in [5, 5.41) is 3.73. The molecule has 2 fully saturated rings. The van der Waals surface area contributed by atoms with Crippen molar-refractivity contribution in [2.45, 2.75) is 76.0 Å². The molecule has 3 atom stereocenters. The lowest BCUT2D eigenvalue weighted by atomic mass is 9.78. The number of rotatable bonds is 5. The molecule has 1 spiro atoms. The zero-order valence-corrected chi connectivity index (χ0v) is 13.3. The summed E-state index contributed by atoms with van der Waals surface area (Å²) in [6.45, 7) is 3.12. The summed E-state index contributed by atoms with van der Waals surface area (Å²) in [5.41, 5.74) is 0.182. The second kappa shape index (κ2) is 7.19.